The summed E-state index contributed by atoms with van der Waals surface area (Å²) in [4.78, 5) is 11.9. The van der Waals surface area contributed by atoms with E-state index in [0.717, 1.165) is 17.5 Å². The minimum atomic E-state index is 0.198. The van der Waals surface area contributed by atoms with Crippen LogP contribution in [0.3, 0.4) is 0 Å². The zero-order valence-electron chi connectivity index (χ0n) is 9.51. The second-order valence-electron chi connectivity index (χ2n) is 4.10. The van der Waals surface area contributed by atoms with E-state index in [1.807, 2.05) is 19.1 Å². The molecule has 0 N–H and O–H groups in total. The van der Waals surface area contributed by atoms with Crippen molar-refractivity contribution in [3.8, 4) is 0 Å². The van der Waals surface area contributed by atoms with Crippen LogP contribution in [0, 0.1) is 12.8 Å². The molecule has 0 aliphatic rings. The van der Waals surface area contributed by atoms with Gasteiger partial charge in [-0.2, -0.15) is 0 Å². The van der Waals surface area contributed by atoms with Gasteiger partial charge in [-0.15, -0.1) is 0 Å². The lowest BCUT2D eigenvalue weighted by Gasteiger charge is -2.09. The maximum absolute atomic E-state index is 11.9. The van der Waals surface area contributed by atoms with Gasteiger partial charge in [-0.25, -0.2) is 0 Å². The molecule has 0 amide bonds. The van der Waals surface area contributed by atoms with Crippen molar-refractivity contribution < 1.29 is 4.79 Å². The van der Waals surface area contributed by atoms with Crippen LogP contribution in [-0.4, -0.2) is 5.78 Å². The smallest absolute Gasteiger partial charge is 0.163 e. The second kappa shape index (κ2) is 5.32. The van der Waals surface area contributed by atoms with Gasteiger partial charge < -0.3 is 0 Å². The van der Waals surface area contributed by atoms with Crippen LogP contribution >= 0.6 is 11.6 Å². The molecule has 0 aliphatic carbocycles. The molecular formula is C13H17ClO. The largest absolute Gasteiger partial charge is 0.294 e. The molecule has 15 heavy (non-hydrogen) atoms. The van der Waals surface area contributed by atoms with Crippen LogP contribution in [0.2, 0.25) is 5.02 Å². The monoisotopic (exact) mass is 224 g/mol. The number of Topliss-reactive ketones (excluding diaryl/α,β-unsaturated/α-hetero) is 1. The molecule has 1 aromatic rings. The molecule has 1 rings (SSSR count). The molecule has 0 aromatic heterocycles. The van der Waals surface area contributed by atoms with E-state index in [1.54, 1.807) is 6.07 Å². The summed E-state index contributed by atoms with van der Waals surface area (Å²) in [5, 5.41) is 0.633. The lowest BCUT2D eigenvalue weighted by Crippen LogP contribution is -2.07. The summed E-state index contributed by atoms with van der Waals surface area (Å²) in [6, 6.07) is 5.48. The Bertz CT molecular complexity index is 358. The molecule has 0 spiro atoms. The number of carbonyl (C=O) groups excluding carboxylic acids is 1. The summed E-state index contributed by atoms with van der Waals surface area (Å²) in [6.07, 6.45) is 1.64. The van der Waals surface area contributed by atoms with Gasteiger partial charge in [0.2, 0.25) is 0 Å². The van der Waals surface area contributed by atoms with E-state index in [-0.39, 0.29) is 5.78 Å². The molecule has 82 valence electrons. The van der Waals surface area contributed by atoms with Gasteiger partial charge in [0.05, 0.1) is 0 Å². The van der Waals surface area contributed by atoms with Crippen LogP contribution < -0.4 is 0 Å². The average Bonchev–Trinajstić information content (AvgIpc) is 2.21. The molecule has 0 fully saturated rings. The Morgan fingerprint density at radius 2 is 2.13 bits per heavy atom. The predicted molar refractivity (Wildman–Crippen MR) is 64.6 cm³/mol. The molecule has 0 saturated carbocycles. The Kier molecular flexibility index (Phi) is 4.34. The first-order valence-electron chi connectivity index (χ1n) is 5.34. The number of benzene rings is 1. The van der Waals surface area contributed by atoms with Crippen molar-refractivity contribution in [3.05, 3.63) is 34.3 Å². The van der Waals surface area contributed by atoms with Gasteiger partial charge in [-0.1, -0.05) is 37.9 Å². The minimum absolute atomic E-state index is 0.198. The molecule has 0 bridgehead atoms. The number of aryl methyl sites for hydroxylation is 1. The van der Waals surface area contributed by atoms with Crippen molar-refractivity contribution in [2.75, 3.05) is 0 Å². The van der Waals surface area contributed by atoms with Crippen LogP contribution in [0.4, 0.5) is 0 Å². The molecule has 0 heterocycles. The number of hydrogen-bond donors (Lipinski definition) is 0. The fraction of sp³-hybridized carbons (Fsp3) is 0.462. The first-order chi connectivity index (χ1) is 7.04. The third kappa shape index (κ3) is 3.35. The molecule has 1 aromatic carbocycles. The van der Waals surface area contributed by atoms with Crippen LogP contribution in [-0.2, 0) is 0 Å². The van der Waals surface area contributed by atoms with Crippen molar-refractivity contribution >= 4 is 17.4 Å². The topological polar surface area (TPSA) is 17.1 Å². The molecule has 0 saturated heterocycles. The maximum atomic E-state index is 11.9. The number of ketones is 1. The van der Waals surface area contributed by atoms with Crippen LogP contribution in [0.25, 0.3) is 0 Å². The summed E-state index contributed by atoms with van der Waals surface area (Å²) in [6.45, 7) is 6.14. The molecule has 1 nitrogen and oxygen atoms in total. The fourth-order valence-electron chi connectivity index (χ4n) is 1.47. The molecule has 2 heteroatoms. The van der Waals surface area contributed by atoms with E-state index in [2.05, 4.69) is 13.8 Å². The fourth-order valence-corrected chi connectivity index (χ4v) is 1.64. The van der Waals surface area contributed by atoms with Gasteiger partial charge in [-0.05, 0) is 30.5 Å². The summed E-state index contributed by atoms with van der Waals surface area (Å²) >= 11 is 5.88. The first kappa shape index (κ1) is 12.3. The Labute approximate surface area is 96.5 Å². The Hall–Kier alpha value is -0.820. The number of halogens is 1. The zero-order chi connectivity index (χ0) is 11.4. The van der Waals surface area contributed by atoms with Gasteiger partial charge in [0.15, 0.2) is 5.78 Å². The minimum Gasteiger partial charge on any atom is -0.294 e. The van der Waals surface area contributed by atoms with Crippen LogP contribution in [0.5, 0.6) is 0 Å². The van der Waals surface area contributed by atoms with E-state index in [1.165, 1.54) is 0 Å². The summed E-state index contributed by atoms with van der Waals surface area (Å²) < 4.78 is 0. The molecule has 0 aliphatic heterocycles. The first-order valence-corrected chi connectivity index (χ1v) is 5.71. The normalized spacial score (nSPS) is 12.5. The Balaban J connectivity index is 2.86. The highest BCUT2D eigenvalue weighted by molar-refractivity contribution is 6.31. The van der Waals surface area contributed by atoms with Crippen molar-refractivity contribution in [1.82, 2.24) is 0 Å². The van der Waals surface area contributed by atoms with E-state index < -0.39 is 0 Å². The molecular weight excluding hydrogens is 208 g/mol. The molecule has 0 radical (unpaired) electrons. The van der Waals surface area contributed by atoms with E-state index in [9.17, 15) is 4.79 Å². The second-order valence-corrected chi connectivity index (χ2v) is 4.54. The van der Waals surface area contributed by atoms with Gasteiger partial charge >= 0.3 is 0 Å². The SMILES string of the molecule is CCC(C)CC(=O)c1cc(Cl)ccc1C. The highest BCUT2D eigenvalue weighted by Crippen LogP contribution is 2.19. The Morgan fingerprint density at radius 1 is 1.47 bits per heavy atom. The van der Waals surface area contributed by atoms with Crippen LogP contribution in [0.1, 0.15) is 42.6 Å². The third-order valence-electron chi connectivity index (χ3n) is 2.73. The quantitative estimate of drug-likeness (QED) is 0.699. The molecule has 1 atom stereocenters. The third-order valence-corrected chi connectivity index (χ3v) is 2.97. The standard InChI is InChI=1S/C13H17ClO/c1-4-9(2)7-13(15)12-8-11(14)6-5-10(12)3/h5-6,8-9H,4,7H2,1-3H3. The number of hydrogen-bond acceptors (Lipinski definition) is 1. The van der Waals surface area contributed by atoms with Crippen molar-refractivity contribution in [3.63, 3.8) is 0 Å². The zero-order valence-corrected chi connectivity index (χ0v) is 10.3. The van der Waals surface area contributed by atoms with Crippen molar-refractivity contribution in [2.45, 2.75) is 33.6 Å². The highest BCUT2D eigenvalue weighted by atomic mass is 35.5. The van der Waals surface area contributed by atoms with Crippen LogP contribution in [0.15, 0.2) is 18.2 Å². The van der Waals surface area contributed by atoms with Gasteiger partial charge in [0, 0.05) is 17.0 Å². The maximum Gasteiger partial charge on any atom is 0.163 e. The van der Waals surface area contributed by atoms with Gasteiger partial charge in [0.1, 0.15) is 0 Å². The lowest BCUT2D eigenvalue weighted by molar-refractivity contribution is 0.0963. The summed E-state index contributed by atoms with van der Waals surface area (Å²) in [7, 11) is 0. The Morgan fingerprint density at radius 3 is 2.73 bits per heavy atom. The van der Waals surface area contributed by atoms with E-state index >= 15 is 0 Å². The summed E-state index contributed by atoms with van der Waals surface area (Å²) in [5.41, 5.74) is 1.77. The van der Waals surface area contributed by atoms with E-state index in [0.29, 0.717) is 17.4 Å². The van der Waals surface area contributed by atoms with Gasteiger partial charge in [0.25, 0.3) is 0 Å². The highest BCUT2D eigenvalue weighted by Gasteiger charge is 2.12. The summed E-state index contributed by atoms with van der Waals surface area (Å²) in [5.74, 6) is 0.639. The van der Waals surface area contributed by atoms with Gasteiger partial charge in [-0.3, -0.25) is 4.79 Å². The van der Waals surface area contributed by atoms with E-state index in [4.69, 9.17) is 11.6 Å². The van der Waals surface area contributed by atoms with Crippen molar-refractivity contribution in [1.29, 1.82) is 0 Å². The van der Waals surface area contributed by atoms with Crippen molar-refractivity contribution in [2.24, 2.45) is 5.92 Å². The number of rotatable bonds is 4. The average molecular weight is 225 g/mol. The molecule has 1 unspecified atom stereocenters. The lowest BCUT2D eigenvalue weighted by atomic mass is 9.95. The number of carbonyl (C=O) groups is 1. The predicted octanol–water partition coefficient (Wildman–Crippen LogP) is 4.27.